The molecule has 0 unspecified atom stereocenters. The topological polar surface area (TPSA) is 38.9 Å². The van der Waals surface area contributed by atoms with Gasteiger partial charge in [-0.15, -0.1) is 0 Å². The fourth-order valence-electron chi connectivity index (χ4n) is 2.27. The van der Waals surface area contributed by atoms with E-state index in [2.05, 4.69) is 4.98 Å². The minimum Gasteiger partial charge on any atom is -0.326 e. The van der Waals surface area contributed by atoms with Crippen molar-refractivity contribution in [3.63, 3.8) is 0 Å². The number of nitrogens with zero attached hydrogens (tertiary/aromatic N) is 1. The summed E-state index contributed by atoms with van der Waals surface area (Å²) in [4.78, 5) is 4.12. The first kappa shape index (κ1) is 11.8. The van der Waals surface area contributed by atoms with Crippen molar-refractivity contribution in [1.29, 1.82) is 0 Å². The summed E-state index contributed by atoms with van der Waals surface area (Å²) in [5.74, 6) is -0.256. The van der Waals surface area contributed by atoms with Crippen LogP contribution >= 0.6 is 0 Å². The number of fused-ring (bicyclic) bond motifs is 1. The zero-order valence-corrected chi connectivity index (χ0v) is 10.3. The van der Waals surface area contributed by atoms with E-state index in [0.717, 1.165) is 21.9 Å². The van der Waals surface area contributed by atoms with E-state index in [1.807, 2.05) is 36.5 Å². The van der Waals surface area contributed by atoms with Gasteiger partial charge >= 0.3 is 0 Å². The van der Waals surface area contributed by atoms with Gasteiger partial charge < -0.3 is 5.73 Å². The second-order valence-corrected chi connectivity index (χ2v) is 4.41. The third-order valence-electron chi connectivity index (χ3n) is 3.26. The quantitative estimate of drug-likeness (QED) is 0.758. The van der Waals surface area contributed by atoms with Crippen LogP contribution in [0.5, 0.6) is 0 Å². The molecule has 2 aromatic carbocycles. The van der Waals surface area contributed by atoms with Crippen LogP contribution in [0.25, 0.3) is 21.9 Å². The average molecular weight is 252 g/mol. The normalized spacial score (nSPS) is 10.8. The highest BCUT2D eigenvalue weighted by Crippen LogP contribution is 2.29. The predicted octanol–water partition coefficient (Wildman–Crippen LogP) is 3.50. The highest BCUT2D eigenvalue weighted by atomic mass is 19.1. The number of pyridine rings is 1. The summed E-state index contributed by atoms with van der Waals surface area (Å²) in [6.45, 7) is 0.200. The van der Waals surface area contributed by atoms with Crippen molar-refractivity contribution in [1.82, 2.24) is 4.98 Å². The standard InChI is InChI=1S/C16H13FN2/c17-16-5-4-11(8-13(16)9-18)14-3-1-2-12-10-19-7-6-15(12)14/h1-8,10H,9,18H2. The van der Waals surface area contributed by atoms with E-state index < -0.39 is 0 Å². The highest BCUT2D eigenvalue weighted by Gasteiger charge is 2.06. The van der Waals surface area contributed by atoms with Crippen molar-refractivity contribution >= 4 is 10.8 Å². The van der Waals surface area contributed by atoms with Crippen LogP contribution in [-0.4, -0.2) is 4.98 Å². The van der Waals surface area contributed by atoms with Crippen LogP contribution in [0.4, 0.5) is 4.39 Å². The van der Waals surface area contributed by atoms with Crippen molar-refractivity contribution in [2.45, 2.75) is 6.54 Å². The third kappa shape index (κ3) is 2.09. The molecule has 3 heteroatoms. The maximum Gasteiger partial charge on any atom is 0.127 e. The van der Waals surface area contributed by atoms with Crippen molar-refractivity contribution in [2.24, 2.45) is 5.73 Å². The van der Waals surface area contributed by atoms with Crippen LogP contribution in [-0.2, 0) is 6.54 Å². The lowest BCUT2D eigenvalue weighted by Gasteiger charge is -2.08. The molecule has 2 nitrogen and oxygen atoms in total. The van der Waals surface area contributed by atoms with Gasteiger partial charge in [0.1, 0.15) is 5.82 Å². The predicted molar refractivity (Wildman–Crippen MR) is 75.0 cm³/mol. The molecule has 0 radical (unpaired) electrons. The lowest BCUT2D eigenvalue weighted by molar-refractivity contribution is 0.611. The van der Waals surface area contributed by atoms with Gasteiger partial charge in [-0.05, 0) is 34.7 Å². The number of benzene rings is 2. The second-order valence-electron chi connectivity index (χ2n) is 4.41. The summed E-state index contributed by atoms with van der Waals surface area (Å²) < 4.78 is 13.5. The van der Waals surface area contributed by atoms with Crippen molar-refractivity contribution in [2.75, 3.05) is 0 Å². The third-order valence-corrected chi connectivity index (χ3v) is 3.26. The molecule has 0 fully saturated rings. The Balaban J connectivity index is 2.24. The van der Waals surface area contributed by atoms with Crippen molar-refractivity contribution < 1.29 is 4.39 Å². The van der Waals surface area contributed by atoms with Crippen LogP contribution in [0.2, 0.25) is 0 Å². The number of aromatic nitrogens is 1. The lowest BCUT2D eigenvalue weighted by Crippen LogP contribution is -1.99. The molecule has 0 aliphatic heterocycles. The van der Waals surface area contributed by atoms with E-state index in [1.165, 1.54) is 6.07 Å². The summed E-state index contributed by atoms with van der Waals surface area (Å²) in [6.07, 6.45) is 3.59. The van der Waals surface area contributed by atoms with E-state index in [4.69, 9.17) is 5.73 Å². The summed E-state index contributed by atoms with van der Waals surface area (Å²) in [5, 5.41) is 2.17. The number of hydrogen-bond donors (Lipinski definition) is 1. The first-order chi connectivity index (χ1) is 9.29. The molecule has 0 saturated heterocycles. The molecule has 94 valence electrons. The molecular formula is C16H13FN2. The molecule has 0 spiro atoms. The molecule has 0 aliphatic carbocycles. The van der Waals surface area contributed by atoms with E-state index in [-0.39, 0.29) is 12.4 Å². The van der Waals surface area contributed by atoms with E-state index in [1.54, 1.807) is 12.3 Å². The van der Waals surface area contributed by atoms with E-state index in [9.17, 15) is 4.39 Å². The number of nitrogens with two attached hydrogens (primary N) is 1. The smallest absolute Gasteiger partial charge is 0.127 e. The Morgan fingerprint density at radius 1 is 1.11 bits per heavy atom. The van der Waals surface area contributed by atoms with Gasteiger partial charge in [-0.1, -0.05) is 24.3 Å². The van der Waals surface area contributed by atoms with Gasteiger partial charge in [0.25, 0.3) is 0 Å². The Bertz CT molecular complexity index is 732. The molecule has 1 aromatic heterocycles. The summed E-state index contributed by atoms with van der Waals surface area (Å²) in [7, 11) is 0. The fraction of sp³-hybridized carbons (Fsp3) is 0.0625. The Morgan fingerprint density at radius 2 is 2.00 bits per heavy atom. The molecule has 1 heterocycles. The largest absolute Gasteiger partial charge is 0.326 e. The van der Waals surface area contributed by atoms with Crippen LogP contribution in [0.15, 0.2) is 54.9 Å². The zero-order chi connectivity index (χ0) is 13.2. The summed E-state index contributed by atoms with van der Waals surface area (Å²) >= 11 is 0. The SMILES string of the molecule is NCc1cc(-c2cccc3cnccc23)ccc1F. The van der Waals surface area contributed by atoms with E-state index >= 15 is 0 Å². The molecule has 0 saturated carbocycles. The molecule has 0 bridgehead atoms. The minimum atomic E-state index is -0.256. The number of halogens is 1. The molecule has 0 atom stereocenters. The first-order valence-corrected chi connectivity index (χ1v) is 6.11. The van der Waals surface area contributed by atoms with Gasteiger partial charge in [0.2, 0.25) is 0 Å². The molecular weight excluding hydrogens is 239 g/mol. The highest BCUT2D eigenvalue weighted by molar-refractivity contribution is 5.96. The van der Waals surface area contributed by atoms with Crippen molar-refractivity contribution in [3.8, 4) is 11.1 Å². The molecule has 2 N–H and O–H groups in total. The first-order valence-electron chi connectivity index (χ1n) is 6.11. The van der Waals surface area contributed by atoms with Gasteiger partial charge in [0.15, 0.2) is 0 Å². The molecule has 0 amide bonds. The average Bonchev–Trinajstić information content (AvgIpc) is 2.47. The Kier molecular flexibility index (Phi) is 2.97. The minimum absolute atomic E-state index is 0.200. The fourth-order valence-corrected chi connectivity index (χ4v) is 2.27. The Morgan fingerprint density at radius 3 is 2.84 bits per heavy atom. The zero-order valence-electron chi connectivity index (χ0n) is 10.3. The van der Waals surface area contributed by atoms with Crippen LogP contribution in [0.1, 0.15) is 5.56 Å². The maximum absolute atomic E-state index is 13.5. The van der Waals surface area contributed by atoms with Gasteiger partial charge in [0, 0.05) is 29.9 Å². The van der Waals surface area contributed by atoms with Gasteiger partial charge in [-0.2, -0.15) is 0 Å². The second kappa shape index (κ2) is 4.78. The molecule has 19 heavy (non-hydrogen) atoms. The van der Waals surface area contributed by atoms with Crippen LogP contribution in [0, 0.1) is 5.82 Å². The monoisotopic (exact) mass is 252 g/mol. The van der Waals surface area contributed by atoms with Crippen LogP contribution in [0.3, 0.4) is 0 Å². The number of hydrogen-bond acceptors (Lipinski definition) is 2. The molecule has 0 aliphatic rings. The molecule has 3 aromatic rings. The number of rotatable bonds is 2. The van der Waals surface area contributed by atoms with Crippen molar-refractivity contribution in [3.05, 3.63) is 66.2 Å². The lowest BCUT2D eigenvalue weighted by atomic mass is 9.98. The Labute approximate surface area is 110 Å². The summed E-state index contributed by atoms with van der Waals surface area (Å²) in [6, 6.07) is 13.0. The van der Waals surface area contributed by atoms with Gasteiger partial charge in [-0.25, -0.2) is 4.39 Å². The van der Waals surface area contributed by atoms with Crippen LogP contribution < -0.4 is 5.73 Å². The van der Waals surface area contributed by atoms with E-state index in [0.29, 0.717) is 5.56 Å². The summed E-state index contributed by atoms with van der Waals surface area (Å²) in [5.41, 5.74) is 8.13. The van der Waals surface area contributed by atoms with Gasteiger partial charge in [-0.3, -0.25) is 4.98 Å². The Hall–Kier alpha value is -2.26. The molecule has 3 rings (SSSR count). The van der Waals surface area contributed by atoms with Gasteiger partial charge in [0.05, 0.1) is 0 Å². The maximum atomic E-state index is 13.5.